The number of anilines is 1. The minimum absolute atomic E-state index is 0.247. The second-order valence-corrected chi connectivity index (χ2v) is 4.86. The van der Waals surface area contributed by atoms with Gasteiger partial charge in [0.25, 0.3) is 0 Å². The maximum Gasteiger partial charge on any atom is 0.336 e. The van der Waals surface area contributed by atoms with Crippen molar-refractivity contribution >= 4 is 11.7 Å². The van der Waals surface area contributed by atoms with Gasteiger partial charge < -0.3 is 4.74 Å². The first kappa shape index (κ1) is 13.4. The number of hydrogen-bond acceptors (Lipinski definition) is 3. The van der Waals surface area contributed by atoms with Crippen LogP contribution in [-0.4, -0.2) is 6.03 Å². The van der Waals surface area contributed by atoms with Gasteiger partial charge in [-0.1, -0.05) is 17.7 Å². The number of amides is 2. The topological polar surface area (TPSA) is 67.6 Å². The summed E-state index contributed by atoms with van der Waals surface area (Å²) >= 11 is 0. The normalized spacial score (nSPS) is 12.8. The number of ether oxygens (including phenoxy) is 1. The van der Waals surface area contributed by atoms with Crippen molar-refractivity contribution in [1.29, 1.82) is 0 Å². The first-order valence-corrected chi connectivity index (χ1v) is 6.43. The molecule has 1 heterocycles. The number of aryl methyl sites for hydroxylation is 1. The largest absolute Gasteiger partial charge is 0.455 e. The molecule has 2 aromatic carbocycles. The number of carbonyl (C=O) groups excluding carboxylic acids is 1. The van der Waals surface area contributed by atoms with E-state index in [1.165, 1.54) is 23.1 Å². The van der Waals surface area contributed by atoms with Crippen LogP contribution < -0.4 is 20.9 Å². The zero-order valence-corrected chi connectivity index (χ0v) is 11.4. The third-order valence-electron chi connectivity index (χ3n) is 3.34. The van der Waals surface area contributed by atoms with E-state index in [1.54, 1.807) is 0 Å². The molecule has 1 aliphatic rings. The van der Waals surface area contributed by atoms with Gasteiger partial charge in [-0.3, -0.25) is 10.3 Å². The van der Waals surface area contributed by atoms with Crippen LogP contribution in [0.4, 0.5) is 14.9 Å². The van der Waals surface area contributed by atoms with Crippen molar-refractivity contribution in [3.05, 3.63) is 53.3 Å². The van der Waals surface area contributed by atoms with E-state index in [2.05, 4.69) is 5.43 Å². The van der Waals surface area contributed by atoms with Crippen LogP contribution in [0.25, 0.3) is 0 Å². The molecule has 0 saturated heterocycles. The van der Waals surface area contributed by atoms with Gasteiger partial charge in [-0.2, -0.15) is 0 Å². The summed E-state index contributed by atoms with van der Waals surface area (Å²) in [6, 6.07) is 9.19. The highest BCUT2D eigenvalue weighted by Crippen LogP contribution is 2.39. The summed E-state index contributed by atoms with van der Waals surface area (Å²) in [5.41, 5.74) is 4.29. The van der Waals surface area contributed by atoms with E-state index in [9.17, 15) is 9.18 Å². The molecular formula is C15H14FN3O2. The molecule has 0 bridgehead atoms. The summed E-state index contributed by atoms with van der Waals surface area (Å²) in [4.78, 5) is 13.4. The monoisotopic (exact) mass is 287 g/mol. The Kier molecular flexibility index (Phi) is 3.23. The van der Waals surface area contributed by atoms with E-state index in [0.717, 1.165) is 11.1 Å². The van der Waals surface area contributed by atoms with E-state index >= 15 is 0 Å². The lowest BCUT2D eigenvalue weighted by molar-refractivity contribution is 0.246. The summed E-state index contributed by atoms with van der Waals surface area (Å²) in [7, 11) is 0. The third-order valence-corrected chi connectivity index (χ3v) is 3.34. The number of halogens is 1. The number of rotatable bonds is 0. The molecule has 0 fully saturated rings. The second kappa shape index (κ2) is 5.06. The molecule has 2 amide bonds. The standard InChI is InChI=1S/C15H14FN3O2/c1-9-2-4-13-10(6-9)8-19(15(20)18-17)12-7-11(16)3-5-14(12)21-13/h2-7H,8,17H2,1H3,(H,18,20). The van der Waals surface area contributed by atoms with Crippen molar-refractivity contribution in [3.63, 3.8) is 0 Å². The predicted molar refractivity (Wildman–Crippen MR) is 76.6 cm³/mol. The molecular weight excluding hydrogens is 273 g/mol. The number of nitrogens with one attached hydrogen (secondary N) is 1. The summed E-state index contributed by atoms with van der Waals surface area (Å²) in [6.07, 6.45) is 0. The number of nitrogens with two attached hydrogens (primary N) is 1. The number of urea groups is 1. The van der Waals surface area contributed by atoms with Crippen LogP contribution in [-0.2, 0) is 6.54 Å². The highest BCUT2D eigenvalue weighted by Gasteiger charge is 2.25. The lowest BCUT2D eigenvalue weighted by atomic mass is 10.1. The molecule has 0 atom stereocenters. The summed E-state index contributed by atoms with van der Waals surface area (Å²) in [6.45, 7) is 2.20. The summed E-state index contributed by atoms with van der Waals surface area (Å²) in [5, 5.41) is 0. The molecule has 2 aromatic rings. The van der Waals surface area contributed by atoms with E-state index in [1.807, 2.05) is 25.1 Å². The quantitative estimate of drug-likeness (QED) is 0.445. The Bertz CT molecular complexity index is 718. The van der Waals surface area contributed by atoms with Crippen LogP contribution in [0.1, 0.15) is 11.1 Å². The zero-order valence-electron chi connectivity index (χ0n) is 11.4. The van der Waals surface area contributed by atoms with Gasteiger partial charge in [0.2, 0.25) is 0 Å². The molecule has 3 N–H and O–H groups in total. The van der Waals surface area contributed by atoms with Crippen LogP contribution >= 0.6 is 0 Å². The first-order valence-electron chi connectivity index (χ1n) is 6.43. The van der Waals surface area contributed by atoms with Crippen molar-refractivity contribution in [2.24, 2.45) is 5.84 Å². The van der Waals surface area contributed by atoms with E-state index in [4.69, 9.17) is 10.6 Å². The van der Waals surface area contributed by atoms with Gasteiger partial charge in [0.15, 0.2) is 5.75 Å². The fourth-order valence-corrected chi connectivity index (χ4v) is 2.35. The van der Waals surface area contributed by atoms with Gasteiger partial charge in [0.05, 0.1) is 12.2 Å². The van der Waals surface area contributed by atoms with Gasteiger partial charge in [-0.15, -0.1) is 0 Å². The molecule has 0 aliphatic carbocycles. The SMILES string of the molecule is Cc1ccc2c(c1)CN(C(=O)NN)c1cc(F)ccc1O2. The van der Waals surface area contributed by atoms with Crippen LogP contribution in [0.3, 0.4) is 0 Å². The number of benzene rings is 2. The predicted octanol–water partition coefficient (Wildman–Crippen LogP) is 2.83. The van der Waals surface area contributed by atoms with Crippen molar-refractivity contribution in [2.75, 3.05) is 4.90 Å². The van der Waals surface area contributed by atoms with E-state index in [0.29, 0.717) is 17.2 Å². The average molecular weight is 287 g/mol. The number of carbonyl (C=O) groups is 1. The second-order valence-electron chi connectivity index (χ2n) is 4.86. The zero-order chi connectivity index (χ0) is 15.0. The van der Waals surface area contributed by atoms with Crippen molar-refractivity contribution < 1.29 is 13.9 Å². The van der Waals surface area contributed by atoms with E-state index in [-0.39, 0.29) is 6.54 Å². The van der Waals surface area contributed by atoms with Gasteiger partial charge in [0, 0.05) is 11.6 Å². The molecule has 0 saturated carbocycles. The Labute approximate surface area is 121 Å². The minimum Gasteiger partial charge on any atom is -0.455 e. The number of hydrogen-bond donors (Lipinski definition) is 2. The highest BCUT2D eigenvalue weighted by molar-refractivity contribution is 5.93. The fraction of sp³-hybridized carbons (Fsp3) is 0.133. The van der Waals surface area contributed by atoms with Crippen LogP contribution in [0, 0.1) is 12.7 Å². The molecule has 3 rings (SSSR count). The maximum atomic E-state index is 13.5. The Hall–Kier alpha value is -2.60. The Balaban J connectivity index is 2.16. The third kappa shape index (κ3) is 2.41. The molecule has 0 spiro atoms. The minimum atomic E-state index is -0.528. The van der Waals surface area contributed by atoms with Crippen LogP contribution in [0.15, 0.2) is 36.4 Å². The van der Waals surface area contributed by atoms with Gasteiger partial charge >= 0.3 is 6.03 Å². The molecule has 6 heteroatoms. The fourth-order valence-electron chi connectivity index (χ4n) is 2.35. The smallest absolute Gasteiger partial charge is 0.336 e. The van der Waals surface area contributed by atoms with Crippen LogP contribution in [0.2, 0.25) is 0 Å². The number of fused-ring (bicyclic) bond motifs is 2. The summed E-state index contributed by atoms with van der Waals surface area (Å²) in [5.74, 6) is 5.82. The van der Waals surface area contributed by atoms with Crippen LogP contribution in [0.5, 0.6) is 11.5 Å². The molecule has 108 valence electrons. The molecule has 0 radical (unpaired) electrons. The van der Waals surface area contributed by atoms with E-state index < -0.39 is 11.8 Å². The molecule has 0 aromatic heterocycles. The van der Waals surface area contributed by atoms with Gasteiger partial charge in [-0.25, -0.2) is 15.0 Å². The Morgan fingerprint density at radius 2 is 2.05 bits per heavy atom. The average Bonchev–Trinajstić information content (AvgIpc) is 2.63. The molecule has 5 nitrogen and oxygen atoms in total. The summed E-state index contributed by atoms with van der Waals surface area (Å²) < 4.78 is 19.3. The molecule has 0 unspecified atom stereocenters. The number of hydrazine groups is 1. The van der Waals surface area contributed by atoms with Crippen molar-refractivity contribution in [2.45, 2.75) is 13.5 Å². The lowest BCUT2D eigenvalue weighted by Crippen LogP contribution is -2.43. The lowest BCUT2D eigenvalue weighted by Gasteiger charge is -2.21. The number of nitrogens with zero attached hydrogens (tertiary/aromatic N) is 1. The molecule has 1 aliphatic heterocycles. The van der Waals surface area contributed by atoms with Crippen molar-refractivity contribution in [1.82, 2.24) is 5.43 Å². The Morgan fingerprint density at radius 3 is 2.81 bits per heavy atom. The van der Waals surface area contributed by atoms with Gasteiger partial charge in [0.1, 0.15) is 11.6 Å². The highest BCUT2D eigenvalue weighted by atomic mass is 19.1. The van der Waals surface area contributed by atoms with Gasteiger partial charge in [-0.05, 0) is 25.1 Å². The first-order chi connectivity index (χ1) is 10.1. The van der Waals surface area contributed by atoms with Crippen molar-refractivity contribution in [3.8, 4) is 11.5 Å². The maximum absolute atomic E-state index is 13.5. The molecule has 21 heavy (non-hydrogen) atoms. The Morgan fingerprint density at radius 1 is 1.29 bits per heavy atom.